The Kier molecular flexibility index (Phi) is 4.70. The first-order chi connectivity index (χ1) is 7.42. The Morgan fingerprint density at radius 2 is 2.25 bits per heavy atom. The van der Waals surface area contributed by atoms with Crippen molar-refractivity contribution in [2.45, 2.75) is 32.4 Å². The van der Waals surface area contributed by atoms with Crippen LogP contribution in [0.2, 0.25) is 0 Å². The summed E-state index contributed by atoms with van der Waals surface area (Å²) >= 11 is 0. The van der Waals surface area contributed by atoms with Crippen LogP contribution in [0.15, 0.2) is 0 Å². The average Bonchev–Trinajstić information content (AvgIpc) is 2.15. The zero-order valence-electron chi connectivity index (χ0n) is 10.5. The van der Waals surface area contributed by atoms with Crippen LogP contribution >= 0.6 is 0 Å². The molecule has 0 spiro atoms. The van der Waals surface area contributed by atoms with Crippen LogP contribution in [0, 0.1) is 0 Å². The van der Waals surface area contributed by atoms with Gasteiger partial charge in [-0.05, 0) is 20.8 Å². The molecule has 1 unspecified atom stereocenters. The van der Waals surface area contributed by atoms with Gasteiger partial charge in [0.1, 0.15) is 0 Å². The lowest BCUT2D eigenvalue weighted by Crippen LogP contribution is -2.57. The van der Waals surface area contributed by atoms with Gasteiger partial charge in [-0.25, -0.2) is 0 Å². The summed E-state index contributed by atoms with van der Waals surface area (Å²) in [6, 6.07) is 0.277. The summed E-state index contributed by atoms with van der Waals surface area (Å²) in [6.07, 6.45) is 0. The highest BCUT2D eigenvalue weighted by Crippen LogP contribution is 2.03. The van der Waals surface area contributed by atoms with Gasteiger partial charge in [0.2, 0.25) is 5.91 Å². The zero-order valence-corrected chi connectivity index (χ0v) is 10.5. The maximum Gasteiger partial charge on any atom is 0.234 e. The van der Waals surface area contributed by atoms with Crippen molar-refractivity contribution < 1.29 is 4.79 Å². The monoisotopic (exact) mass is 228 g/mol. The van der Waals surface area contributed by atoms with Gasteiger partial charge in [0.15, 0.2) is 0 Å². The van der Waals surface area contributed by atoms with Gasteiger partial charge in [0, 0.05) is 37.8 Å². The fraction of sp³-hybridized carbons (Fsp3) is 0.909. The first-order valence-electron chi connectivity index (χ1n) is 5.88. The van der Waals surface area contributed by atoms with Gasteiger partial charge in [-0.2, -0.15) is 0 Å². The van der Waals surface area contributed by atoms with E-state index in [2.05, 4.69) is 15.5 Å². The number of hydrogen-bond donors (Lipinski definition) is 3. The fourth-order valence-electron chi connectivity index (χ4n) is 1.89. The minimum atomic E-state index is -0.163. The quantitative estimate of drug-likeness (QED) is 0.587. The zero-order chi connectivity index (χ0) is 12.2. The molecule has 1 amide bonds. The molecule has 5 nitrogen and oxygen atoms in total. The van der Waals surface area contributed by atoms with Crippen LogP contribution in [-0.2, 0) is 4.79 Å². The Morgan fingerprint density at radius 1 is 1.56 bits per heavy atom. The van der Waals surface area contributed by atoms with Crippen molar-refractivity contribution in [1.82, 2.24) is 15.5 Å². The highest BCUT2D eigenvalue weighted by molar-refractivity contribution is 5.78. The van der Waals surface area contributed by atoms with Gasteiger partial charge in [-0.3, -0.25) is 9.69 Å². The number of nitrogens with one attached hydrogen (secondary N) is 2. The van der Waals surface area contributed by atoms with E-state index in [9.17, 15) is 4.79 Å². The Hall–Kier alpha value is -0.650. The smallest absolute Gasteiger partial charge is 0.234 e. The molecule has 0 aromatic heterocycles. The predicted octanol–water partition coefficient (Wildman–Crippen LogP) is -0.866. The summed E-state index contributed by atoms with van der Waals surface area (Å²) in [4.78, 5) is 13.9. The number of amides is 1. The standard InChI is InChI=1S/C11H24N4O/c1-11(2,3)14-10(16)8-15-5-4-13-7-9(15)6-12/h9,13H,4-8,12H2,1-3H3,(H,14,16). The van der Waals surface area contributed by atoms with Gasteiger partial charge < -0.3 is 16.4 Å². The highest BCUT2D eigenvalue weighted by atomic mass is 16.2. The van der Waals surface area contributed by atoms with E-state index in [-0.39, 0.29) is 17.5 Å². The predicted molar refractivity (Wildman–Crippen MR) is 65.2 cm³/mol. The molecule has 1 rings (SSSR count). The SMILES string of the molecule is CC(C)(C)NC(=O)CN1CCNCC1CN. The lowest BCUT2D eigenvalue weighted by molar-refractivity contribution is -0.124. The Balaban J connectivity index is 2.42. The molecule has 5 heteroatoms. The van der Waals surface area contributed by atoms with Gasteiger partial charge >= 0.3 is 0 Å². The maximum absolute atomic E-state index is 11.8. The molecular formula is C11H24N4O. The Morgan fingerprint density at radius 3 is 2.81 bits per heavy atom. The molecule has 1 saturated heterocycles. The minimum absolute atomic E-state index is 0.0767. The topological polar surface area (TPSA) is 70.4 Å². The number of carbonyl (C=O) groups excluding carboxylic acids is 1. The first-order valence-corrected chi connectivity index (χ1v) is 5.88. The normalized spacial score (nSPS) is 23.1. The van der Waals surface area contributed by atoms with Crippen LogP contribution in [0.3, 0.4) is 0 Å². The molecule has 1 aliphatic heterocycles. The summed E-state index contributed by atoms with van der Waals surface area (Å²) < 4.78 is 0. The van der Waals surface area contributed by atoms with Crippen LogP contribution in [0.5, 0.6) is 0 Å². The number of hydrogen-bond acceptors (Lipinski definition) is 4. The Bertz CT molecular complexity index is 237. The molecule has 0 aromatic rings. The van der Waals surface area contributed by atoms with Crippen LogP contribution in [0.4, 0.5) is 0 Å². The van der Waals surface area contributed by atoms with E-state index >= 15 is 0 Å². The fourth-order valence-corrected chi connectivity index (χ4v) is 1.89. The molecule has 16 heavy (non-hydrogen) atoms. The van der Waals surface area contributed by atoms with Gasteiger partial charge in [-0.15, -0.1) is 0 Å². The van der Waals surface area contributed by atoms with Crippen molar-refractivity contribution in [3.8, 4) is 0 Å². The van der Waals surface area contributed by atoms with Crippen LogP contribution in [0.1, 0.15) is 20.8 Å². The Labute approximate surface area is 97.7 Å². The molecule has 1 atom stereocenters. The lowest BCUT2D eigenvalue weighted by atomic mass is 10.1. The summed E-state index contributed by atoms with van der Waals surface area (Å²) in [5.74, 6) is 0.0767. The number of nitrogens with zero attached hydrogens (tertiary/aromatic N) is 1. The van der Waals surface area contributed by atoms with Crippen molar-refractivity contribution in [3.05, 3.63) is 0 Å². The van der Waals surface area contributed by atoms with E-state index in [1.165, 1.54) is 0 Å². The molecule has 94 valence electrons. The van der Waals surface area contributed by atoms with E-state index in [1.807, 2.05) is 20.8 Å². The summed E-state index contributed by atoms with van der Waals surface area (Å²) in [5, 5.41) is 6.25. The largest absolute Gasteiger partial charge is 0.350 e. The third-order valence-electron chi connectivity index (χ3n) is 2.61. The summed E-state index contributed by atoms with van der Waals surface area (Å²) in [6.45, 7) is 9.70. The molecule has 1 heterocycles. The average molecular weight is 228 g/mol. The van der Waals surface area contributed by atoms with Gasteiger partial charge in [0.05, 0.1) is 6.54 Å². The van der Waals surface area contributed by atoms with Crippen LogP contribution in [-0.4, -0.2) is 55.1 Å². The number of nitrogens with two attached hydrogens (primary N) is 1. The van der Waals surface area contributed by atoms with Crippen molar-refractivity contribution in [2.75, 3.05) is 32.7 Å². The van der Waals surface area contributed by atoms with E-state index in [0.717, 1.165) is 19.6 Å². The molecule has 0 radical (unpaired) electrons. The van der Waals surface area contributed by atoms with Crippen molar-refractivity contribution in [2.24, 2.45) is 5.73 Å². The van der Waals surface area contributed by atoms with Crippen molar-refractivity contribution >= 4 is 5.91 Å². The molecule has 0 aliphatic carbocycles. The van der Waals surface area contributed by atoms with Crippen LogP contribution < -0.4 is 16.4 Å². The molecule has 1 aliphatic rings. The minimum Gasteiger partial charge on any atom is -0.350 e. The van der Waals surface area contributed by atoms with Gasteiger partial charge in [-0.1, -0.05) is 0 Å². The summed E-state index contributed by atoms with van der Waals surface area (Å²) in [5.41, 5.74) is 5.52. The number of carbonyl (C=O) groups is 1. The number of rotatable bonds is 3. The second-order valence-electron chi connectivity index (χ2n) is 5.36. The van der Waals surface area contributed by atoms with Crippen molar-refractivity contribution in [3.63, 3.8) is 0 Å². The first kappa shape index (κ1) is 13.4. The van der Waals surface area contributed by atoms with Crippen LogP contribution in [0.25, 0.3) is 0 Å². The molecular weight excluding hydrogens is 204 g/mol. The molecule has 1 fully saturated rings. The second-order valence-corrected chi connectivity index (χ2v) is 5.36. The van der Waals surface area contributed by atoms with Crippen molar-refractivity contribution in [1.29, 1.82) is 0 Å². The summed E-state index contributed by atoms with van der Waals surface area (Å²) in [7, 11) is 0. The number of piperazine rings is 1. The third kappa shape index (κ3) is 4.47. The van der Waals surface area contributed by atoms with Gasteiger partial charge in [0.25, 0.3) is 0 Å². The van der Waals surface area contributed by atoms with E-state index in [4.69, 9.17) is 5.73 Å². The lowest BCUT2D eigenvalue weighted by Gasteiger charge is -2.35. The molecule has 0 saturated carbocycles. The maximum atomic E-state index is 11.8. The highest BCUT2D eigenvalue weighted by Gasteiger charge is 2.24. The molecule has 0 bridgehead atoms. The van der Waals surface area contributed by atoms with E-state index in [1.54, 1.807) is 0 Å². The van der Waals surface area contributed by atoms with E-state index in [0.29, 0.717) is 13.1 Å². The molecule has 4 N–H and O–H groups in total. The molecule has 0 aromatic carbocycles. The third-order valence-corrected chi connectivity index (χ3v) is 2.61. The second kappa shape index (κ2) is 5.61. The van der Waals surface area contributed by atoms with E-state index < -0.39 is 0 Å².